The van der Waals surface area contributed by atoms with Gasteiger partial charge in [0.2, 0.25) is 0 Å². The lowest BCUT2D eigenvalue weighted by atomic mass is 10.1. The lowest BCUT2D eigenvalue weighted by Gasteiger charge is -2.08. The van der Waals surface area contributed by atoms with Gasteiger partial charge in [-0.3, -0.25) is 9.89 Å². The average Bonchev–Trinajstić information content (AvgIpc) is 3.24. The monoisotopic (exact) mass is 327 g/mol. The van der Waals surface area contributed by atoms with Crippen LogP contribution >= 0.6 is 11.3 Å². The van der Waals surface area contributed by atoms with Crippen molar-refractivity contribution < 1.29 is 9.53 Å². The van der Waals surface area contributed by atoms with E-state index in [0.717, 1.165) is 29.1 Å². The summed E-state index contributed by atoms with van der Waals surface area (Å²) in [7, 11) is 1.58. The zero-order valence-electron chi connectivity index (χ0n) is 12.9. The Morgan fingerprint density at radius 1 is 1.39 bits per heavy atom. The molecule has 2 aromatic heterocycles. The van der Waals surface area contributed by atoms with E-state index in [1.807, 2.05) is 29.8 Å². The van der Waals surface area contributed by atoms with E-state index >= 15 is 0 Å². The van der Waals surface area contributed by atoms with E-state index in [0.29, 0.717) is 11.3 Å². The smallest absolute Gasteiger partial charge is 0.255 e. The number of rotatable bonds is 5. The molecule has 0 spiro atoms. The molecule has 1 aromatic carbocycles. The lowest BCUT2D eigenvalue weighted by molar-refractivity contribution is 0.102. The number of hydrogen-bond donors (Lipinski definition) is 2. The highest BCUT2D eigenvalue weighted by molar-refractivity contribution is 7.08. The maximum Gasteiger partial charge on any atom is 0.255 e. The number of benzene rings is 1. The normalized spacial score (nSPS) is 10.5. The molecule has 0 aliphatic heterocycles. The Morgan fingerprint density at radius 2 is 2.26 bits per heavy atom. The van der Waals surface area contributed by atoms with Crippen LogP contribution in [0, 0.1) is 0 Å². The number of amides is 1. The summed E-state index contributed by atoms with van der Waals surface area (Å²) in [6.45, 7) is 2.02. The van der Waals surface area contributed by atoms with Gasteiger partial charge in [-0.2, -0.15) is 16.4 Å². The van der Waals surface area contributed by atoms with Crippen LogP contribution in [-0.2, 0) is 6.42 Å². The predicted molar refractivity (Wildman–Crippen MR) is 92.2 cm³/mol. The highest BCUT2D eigenvalue weighted by Crippen LogP contribution is 2.31. The number of anilines is 1. The highest BCUT2D eigenvalue weighted by atomic mass is 32.1. The fourth-order valence-corrected chi connectivity index (χ4v) is 2.97. The molecule has 0 atom stereocenters. The first-order valence-corrected chi connectivity index (χ1v) is 8.22. The molecule has 0 saturated carbocycles. The Hall–Kier alpha value is -2.60. The summed E-state index contributed by atoms with van der Waals surface area (Å²) in [5.74, 6) is 0.468. The molecular formula is C17H17N3O2S. The van der Waals surface area contributed by atoms with E-state index in [1.54, 1.807) is 36.6 Å². The average molecular weight is 327 g/mol. The molecule has 3 rings (SSSR count). The molecule has 0 fully saturated rings. The van der Waals surface area contributed by atoms with Gasteiger partial charge in [-0.25, -0.2) is 0 Å². The van der Waals surface area contributed by atoms with Gasteiger partial charge in [-0.15, -0.1) is 0 Å². The minimum atomic E-state index is -0.184. The molecule has 0 aliphatic carbocycles. The second-order valence-corrected chi connectivity index (χ2v) is 5.76. The van der Waals surface area contributed by atoms with Gasteiger partial charge in [-0.1, -0.05) is 13.0 Å². The number of carbonyl (C=O) groups is 1. The fraction of sp³-hybridized carbons (Fsp3) is 0.176. The van der Waals surface area contributed by atoms with Crippen molar-refractivity contribution in [2.75, 3.05) is 12.4 Å². The van der Waals surface area contributed by atoms with Crippen molar-refractivity contribution in [1.29, 1.82) is 0 Å². The number of hydrogen-bond acceptors (Lipinski definition) is 4. The number of thiophene rings is 1. The summed E-state index contributed by atoms with van der Waals surface area (Å²) in [6, 6.07) is 9.06. The predicted octanol–water partition coefficient (Wildman–Crippen LogP) is 3.96. The summed E-state index contributed by atoms with van der Waals surface area (Å²) in [5.41, 5.74) is 3.94. The number of nitrogens with zero attached hydrogens (tertiary/aromatic N) is 1. The first kappa shape index (κ1) is 15.3. The highest BCUT2D eigenvalue weighted by Gasteiger charge is 2.17. The van der Waals surface area contributed by atoms with Crippen molar-refractivity contribution in [2.24, 2.45) is 0 Å². The van der Waals surface area contributed by atoms with Crippen LogP contribution in [0.25, 0.3) is 11.3 Å². The fourth-order valence-electron chi connectivity index (χ4n) is 2.33. The van der Waals surface area contributed by atoms with Crippen LogP contribution in [0.15, 0.2) is 41.1 Å². The Balaban J connectivity index is 1.92. The molecule has 0 saturated heterocycles. The molecule has 2 N–H and O–H groups in total. The van der Waals surface area contributed by atoms with Gasteiger partial charge in [0.15, 0.2) is 0 Å². The van der Waals surface area contributed by atoms with Crippen LogP contribution < -0.4 is 10.1 Å². The molecule has 1 amide bonds. The molecule has 0 aliphatic rings. The van der Waals surface area contributed by atoms with Crippen LogP contribution in [-0.4, -0.2) is 23.2 Å². The molecule has 2 heterocycles. The Kier molecular flexibility index (Phi) is 4.43. The third kappa shape index (κ3) is 3.12. The first-order valence-electron chi connectivity index (χ1n) is 7.28. The van der Waals surface area contributed by atoms with Crippen LogP contribution in [0.5, 0.6) is 5.75 Å². The number of ether oxygens (including phenoxy) is 1. The minimum absolute atomic E-state index is 0.184. The van der Waals surface area contributed by atoms with Crippen molar-refractivity contribution in [3.8, 4) is 17.0 Å². The summed E-state index contributed by atoms with van der Waals surface area (Å²) in [6.07, 6.45) is 0.755. The van der Waals surface area contributed by atoms with Crippen LogP contribution in [0.3, 0.4) is 0 Å². The number of aromatic nitrogens is 2. The van der Waals surface area contributed by atoms with Gasteiger partial charge in [0, 0.05) is 16.5 Å². The minimum Gasteiger partial charge on any atom is -0.497 e. The number of aromatic amines is 1. The number of methoxy groups -OCH3 is 1. The maximum atomic E-state index is 12.6. The van der Waals surface area contributed by atoms with Crippen molar-refractivity contribution in [3.63, 3.8) is 0 Å². The van der Waals surface area contributed by atoms with Gasteiger partial charge in [0.05, 0.1) is 18.5 Å². The van der Waals surface area contributed by atoms with E-state index in [1.165, 1.54) is 0 Å². The van der Waals surface area contributed by atoms with Crippen LogP contribution in [0.4, 0.5) is 5.69 Å². The standard InChI is InChI=1S/C17H17N3O2S/c1-3-14-16(15(20-19-14)12-7-8-23-10-12)18-17(21)11-5-4-6-13(9-11)22-2/h4-10H,3H2,1-2H3,(H,18,21)(H,19,20). The zero-order valence-corrected chi connectivity index (χ0v) is 13.7. The van der Waals surface area contributed by atoms with Crippen molar-refractivity contribution >= 4 is 22.9 Å². The molecule has 0 unspecified atom stereocenters. The number of nitrogens with one attached hydrogen (secondary N) is 2. The summed E-state index contributed by atoms with van der Waals surface area (Å²) in [5, 5.41) is 14.3. The third-order valence-corrected chi connectivity index (χ3v) is 4.24. The summed E-state index contributed by atoms with van der Waals surface area (Å²) < 4.78 is 5.17. The molecular weight excluding hydrogens is 310 g/mol. The lowest BCUT2D eigenvalue weighted by Crippen LogP contribution is -2.13. The van der Waals surface area contributed by atoms with Gasteiger partial charge >= 0.3 is 0 Å². The van der Waals surface area contributed by atoms with Crippen molar-refractivity contribution in [2.45, 2.75) is 13.3 Å². The van der Waals surface area contributed by atoms with Gasteiger partial charge in [0.1, 0.15) is 11.4 Å². The molecule has 118 valence electrons. The number of aryl methyl sites for hydroxylation is 1. The van der Waals surface area contributed by atoms with E-state index in [2.05, 4.69) is 15.5 Å². The molecule has 6 heteroatoms. The van der Waals surface area contributed by atoms with E-state index in [9.17, 15) is 4.79 Å². The zero-order chi connectivity index (χ0) is 16.2. The van der Waals surface area contributed by atoms with Crippen LogP contribution in [0.2, 0.25) is 0 Å². The molecule has 23 heavy (non-hydrogen) atoms. The van der Waals surface area contributed by atoms with Gasteiger partial charge in [0.25, 0.3) is 5.91 Å². The van der Waals surface area contributed by atoms with Gasteiger partial charge in [-0.05, 0) is 36.1 Å². The Bertz CT molecular complexity index is 809. The first-order chi connectivity index (χ1) is 11.2. The molecule has 5 nitrogen and oxygen atoms in total. The molecule has 3 aromatic rings. The largest absolute Gasteiger partial charge is 0.497 e. The second kappa shape index (κ2) is 6.66. The third-order valence-electron chi connectivity index (χ3n) is 3.56. The van der Waals surface area contributed by atoms with Gasteiger partial charge < -0.3 is 10.1 Å². The topological polar surface area (TPSA) is 67.0 Å². The van der Waals surface area contributed by atoms with E-state index in [-0.39, 0.29) is 5.91 Å². The quantitative estimate of drug-likeness (QED) is 0.745. The summed E-state index contributed by atoms with van der Waals surface area (Å²) in [4.78, 5) is 12.6. The number of carbonyl (C=O) groups excluding carboxylic acids is 1. The Morgan fingerprint density at radius 3 is 2.96 bits per heavy atom. The molecule has 0 radical (unpaired) electrons. The SMILES string of the molecule is CCc1[nH]nc(-c2ccsc2)c1NC(=O)c1cccc(OC)c1. The maximum absolute atomic E-state index is 12.6. The van der Waals surface area contributed by atoms with E-state index in [4.69, 9.17) is 4.74 Å². The van der Waals surface area contributed by atoms with E-state index < -0.39 is 0 Å². The molecule has 0 bridgehead atoms. The number of H-pyrrole nitrogens is 1. The van der Waals surface area contributed by atoms with Crippen molar-refractivity contribution in [3.05, 3.63) is 52.3 Å². The Labute approximate surface area is 138 Å². The van der Waals surface area contributed by atoms with Crippen molar-refractivity contribution in [1.82, 2.24) is 10.2 Å². The van der Waals surface area contributed by atoms with Crippen LogP contribution in [0.1, 0.15) is 23.0 Å². The summed E-state index contributed by atoms with van der Waals surface area (Å²) >= 11 is 1.60. The second-order valence-electron chi connectivity index (χ2n) is 4.98.